The van der Waals surface area contributed by atoms with Gasteiger partial charge in [-0.2, -0.15) is 0 Å². The van der Waals surface area contributed by atoms with Gasteiger partial charge in [0, 0.05) is 16.7 Å². The van der Waals surface area contributed by atoms with Crippen molar-refractivity contribution in [1.29, 1.82) is 0 Å². The molecule has 0 aromatic heterocycles. The number of hydrogen-bond donors (Lipinski definition) is 0. The van der Waals surface area contributed by atoms with Gasteiger partial charge in [-0.25, -0.2) is 8.42 Å². The third-order valence-electron chi connectivity index (χ3n) is 1.69. The minimum atomic E-state index is -3.83. The SMILES string of the molecule is COc1cc(C)c(Cl)c(S(=O)(=O)Cl)c1. The van der Waals surface area contributed by atoms with Gasteiger partial charge in [0.25, 0.3) is 9.05 Å². The molecular formula is C8H8Cl2O3S. The lowest BCUT2D eigenvalue weighted by molar-refractivity contribution is 0.413. The van der Waals surface area contributed by atoms with Crippen LogP contribution in [0.5, 0.6) is 5.75 Å². The van der Waals surface area contributed by atoms with Gasteiger partial charge in [-0.05, 0) is 18.6 Å². The number of rotatable bonds is 2. The first-order valence-electron chi connectivity index (χ1n) is 3.65. The van der Waals surface area contributed by atoms with E-state index in [1.165, 1.54) is 13.2 Å². The van der Waals surface area contributed by atoms with E-state index in [0.717, 1.165) is 0 Å². The zero-order valence-corrected chi connectivity index (χ0v) is 9.87. The monoisotopic (exact) mass is 254 g/mol. The number of hydrogen-bond acceptors (Lipinski definition) is 3. The van der Waals surface area contributed by atoms with Crippen molar-refractivity contribution < 1.29 is 13.2 Å². The molecule has 0 saturated heterocycles. The molecular weight excluding hydrogens is 247 g/mol. The normalized spacial score (nSPS) is 11.4. The van der Waals surface area contributed by atoms with Gasteiger partial charge in [0.15, 0.2) is 0 Å². The van der Waals surface area contributed by atoms with E-state index in [9.17, 15) is 8.42 Å². The summed E-state index contributed by atoms with van der Waals surface area (Å²) in [5, 5.41) is 0.126. The summed E-state index contributed by atoms with van der Waals surface area (Å²) in [7, 11) is 2.81. The summed E-state index contributed by atoms with van der Waals surface area (Å²) in [5.74, 6) is 0.408. The summed E-state index contributed by atoms with van der Waals surface area (Å²) < 4.78 is 27.1. The largest absolute Gasteiger partial charge is 0.497 e. The van der Waals surface area contributed by atoms with Crippen LogP contribution < -0.4 is 4.74 Å². The van der Waals surface area contributed by atoms with Crippen molar-refractivity contribution in [3.8, 4) is 5.75 Å². The summed E-state index contributed by atoms with van der Waals surface area (Å²) in [5.41, 5.74) is 0.602. The molecule has 1 aromatic carbocycles. The number of ether oxygens (including phenoxy) is 1. The minimum Gasteiger partial charge on any atom is -0.497 e. The van der Waals surface area contributed by atoms with Gasteiger partial charge >= 0.3 is 0 Å². The predicted molar refractivity (Wildman–Crippen MR) is 55.8 cm³/mol. The summed E-state index contributed by atoms with van der Waals surface area (Å²) >= 11 is 5.79. The average molecular weight is 255 g/mol. The fourth-order valence-corrected chi connectivity index (χ4v) is 2.53. The van der Waals surface area contributed by atoms with Gasteiger partial charge in [-0.15, -0.1) is 0 Å². The number of halogens is 2. The average Bonchev–Trinajstić information content (AvgIpc) is 2.07. The maximum atomic E-state index is 11.1. The van der Waals surface area contributed by atoms with E-state index in [1.54, 1.807) is 13.0 Å². The molecule has 0 atom stereocenters. The molecule has 14 heavy (non-hydrogen) atoms. The van der Waals surface area contributed by atoms with Crippen molar-refractivity contribution in [2.24, 2.45) is 0 Å². The first-order valence-corrected chi connectivity index (χ1v) is 6.34. The molecule has 0 amide bonds. The highest BCUT2D eigenvalue weighted by molar-refractivity contribution is 8.13. The van der Waals surface area contributed by atoms with Gasteiger partial charge < -0.3 is 4.74 Å². The topological polar surface area (TPSA) is 43.4 Å². The molecule has 0 unspecified atom stereocenters. The molecule has 0 bridgehead atoms. The van der Waals surface area contributed by atoms with Crippen LogP contribution in [0.1, 0.15) is 5.56 Å². The molecule has 78 valence electrons. The lowest BCUT2D eigenvalue weighted by atomic mass is 10.2. The second-order valence-corrected chi connectivity index (χ2v) is 5.61. The molecule has 0 spiro atoms. The van der Waals surface area contributed by atoms with Crippen LogP contribution in [0.2, 0.25) is 5.02 Å². The lowest BCUT2D eigenvalue weighted by Gasteiger charge is -2.07. The third-order valence-corrected chi connectivity index (χ3v) is 3.65. The summed E-state index contributed by atoms with van der Waals surface area (Å²) in [6.45, 7) is 1.68. The van der Waals surface area contributed by atoms with E-state index >= 15 is 0 Å². The highest BCUT2D eigenvalue weighted by Gasteiger charge is 2.17. The van der Waals surface area contributed by atoms with Crippen LogP contribution in [0, 0.1) is 6.92 Å². The maximum absolute atomic E-state index is 11.1. The van der Waals surface area contributed by atoms with Gasteiger partial charge in [0.05, 0.1) is 12.1 Å². The molecule has 0 aliphatic carbocycles. The number of aryl methyl sites for hydroxylation is 1. The van der Waals surface area contributed by atoms with E-state index < -0.39 is 9.05 Å². The molecule has 1 rings (SSSR count). The van der Waals surface area contributed by atoms with Crippen LogP contribution in [-0.2, 0) is 9.05 Å². The Morgan fingerprint density at radius 3 is 2.36 bits per heavy atom. The van der Waals surface area contributed by atoms with Crippen LogP contribution in [0.3, 0.4) is 0 Å². The molecule has 6 heteroatoms. The molecule has 0 heterocycles. The zero-order valence-electron chi connectivity index (χ0n) is 7.54. The van der Waals surface area contributed by atoms with E-state index in [-0.39, 0.29) is 9.92 Å². The molecule has 0 radical (unpaired) electrons. The quantitative estimate of drug-likeness (QED) is 0.763. The molecule has 0 saturated carbocycles. The Bertz CT molecular complexity index is 454. The third kappa shape index (κ3) is 2.32. The van der Waals surface area contributed by atoms with Crippen molar-refractivity contribution in [2.75, 3.05) is 7.11 Å². The van der Waals surface area contributed by atoms with Crippen molar-refractivity contribution in [1.82, 2.24) is 0 Å². The highest BCUT2D eigenvalue weighted by Crippen LogP contribution is 2.31. The summed E-state index contributed by atoms with van der Waals surface area (Å²) in [6, 6.07) is 2.92. The Labute approximate surface area is 92.0 Å². The Kier molecular flexibility index (Phi) is 3.29. The van der Waals surface area contributed by atoms with E-state index in [2.05, 4.69) is 0 Å². The second kappa shape index (κ2) is 3.96. The van der Waals surface area contributed by atoms with E-state index in [4.69, 9.17) is 27.0 Å². The first-order chi connectivity index (χ1) is 6.36. The summed E-state index contributed by atoms with van der Waals surface area (Å²) in [6.07, 6.45) is 0. The number of methoxy groups -OCH3 is 1. The molecule has 0 fully saturated rings. The van der Waals surface area contributed by atoms with Crippen molar-refractivity contribution in [3.05, 3.63) is 22.7 Å². The smallest absolute Gasteiger partial charge is 0.262 e. The Morgan fingerprint density at radius 1 is 1.36 bits per heavy atom. The minimum absolute atomic E-state index is 0.126. The molecule has 1 aromatic rings. The lowest BCUT2D eigenvalue weighted by Crippen LogP contribution is -1.95. The fourth-order valence-electron chi connectivity index (χ4n) is 1.00. The fraction of sp³-hybridized carbons (Fsp3) is 0.250. The van der Waals surface area contributed by atoms with E-state index in [0.29, 0.717) is 11.3 Å². The van der Waals surface area contributed by atoms with Crippen molar-refractivity contribution >= 4 is 31.3 Å². The Hall–Kier alpha value is -0.450. The standard InChI is InChI=1S/C8H8Cl2O3S/c1-5-3-6(13-2)4-7(8(5)9)14(10,11)12/h3-4H,1-2H3. The van der Waals surface area contributed by atoms with Crippen LogP contribution >= 0.6 is 22.3 Å². The van der Waals surface area contributed by atoms with Crippen molar-refractivity contribution in [2.45, 2.75) is 11.8 Å². The predicted octanol–water partition coefficient (Wildman–Crippen LogP) is 2.58. The van der Waals surface area contributed by atoms with Crippen LogP contribution in [0.25, 0.3) is 0 Å². The zero-order chi connectivity index (χ0) is 10.9. The van der Waals surface area contributed by atoms with Crippen molar-refractivity contribution in [3.63, 3.8) is 0 Å². The van der Waals surface area contributed by atoms with Crippen LogP contribution in [0.4, 0.5) is 0 Å². The summed E-state index contributed by atoms with van der Waals surface area (Å²) in [4.78, 5) is -0.127. The van der Waals surface area contributed by atoms with Gasteiger partial charge in [-0.1, -0.05) is 11.6 Å². The number of benzene rings is 1. The first kappa shape index (κ1) is 11.6. The molecule has 0 aliphatic heterocycles. The maximum Gasteiger partial charge on any atom is 0.262 e. The van der Waals surface area contributed by atoms with E-state index in [1.807, 2.05) is 0 Å². The molecule has 0 aliphatic rings. The van der Waals surface area contributed by atoms with Gasteiger partial charge in [-0.3, -0.25) is 0 Å². The Morgan fingerprint density at radius 2 is 1.93 bits per heavy atom. The van der Waals surface area contributed by atoms with Crippen LogP contribution in [0.15, 0.2) is 17.0 Å². The highest BCUT2D eigenvalue weighted by atomic mass is 35.7. The molecule has 0 N–H and O–H groups in total. The van der Waals surface area contributed by atoms with Gasteiger partial charge in [0.2, 0.25) is 0 Å². The Balaban J connectivity index is 3.51. The second-order valence-electron chi connectivity index (χ2n) is 2.69. The van der Waals surface area contributed by atoms with Crippen LogP contribution in [-0.4, -0.2) is 15.5 Å². The molecule has 3 nitrogen and oxygen atoms in total. The van der Waals surface area contributed by atoms with Gasteiger partial charge in [0.1, 0.15) is 10.6 Å².